The van der Waals surface area contributed by atoms with Crippen LogP contribution in [0.2, 0.25) is 0 Å². The van der Waals surface area contributed by atoms with E-state index in [1.807, 2.05) is 18.3 Å². The molecule has 0 radical (unpaired) electrons. The molecule has 0 unspecified atom stereocenters. The van der Waals surface area contributed by atoms with Crippen LogP contribution in [0.1, 0.15) is 12.8 Å². The third-order valence-electron chi connectivity index (χ3n) is 2.72. The fourth-order valence-corrected chi connectivity index (χ4v) is 2.22. The van der Waals surface area contributed by atoms with Gasteiger partial charge in [0.25, 0.3) is 0 Å². The zero-order valence-electron chi connectivity index (χ0n) is 8.80. The van der Waals surface area contributed by atoms with Crippen molar-refractivity contribution in [1.29, 1.82) is 0 Å². The fourth-order valence-electron chi connectivity index (χ4n) is 1.94. The van der Waals surface area contributed by atoms with Crippen LogP contribution < -0.4 is 10.6 Å². The lowest BCUT2D eigenvalue weighted by molar-refractivity contribution is 0.495. The third-order valence-corrected chi connectivity index (χ3v) is 3.18. The highest BCUT2D eigenvalue weighted by molar-refractivity contribution is 6.18. The molecular formula is C10H16Cl3N3. The van der Waals surface area contributed by atoms with Crippen molar-refractivity contribution in [2.24, 2.45) is 5.73 Å². The molecule has 0 amide bonds. The van der Waals surface area contributed by atoms with Crippen molar-refractivity contribution >= 4 is 42.1 Å². The number of nitrogens with two attached hydrogens (primary N) is 1. The summed E-state index contributed by atoms with van der Waals surface area (Å²) in [6, 6.07) is 3.94. The van der Waals surface area contributed by atoms with Gasteiger partial charge in [0.2, 0.25) is 0 Å². The molecule has 92 valence electrons. The van der Waals surface area contributed by atoms with Crippen LogP contribution in [0.3, 0.4) is 0 Å². The molecule has 2 N–H and O–H groups in total. The van der Waals surface area contributed by atoms with E-state index in [1.165, 1.54) is 0 Å². The summed E-state index contributed by atoms with van der Waals surface area (Å²) < 4.78 is 0. The first-order valence-electron chi connectivity index (χ1n) is 4.79. The van der Waals surface area contributed by atoms with Crippen molar-refractivity contribution in [1.82, 2.24) is 4.98 Å². The number of pyridine rings is 1. The summed E-state index contributed by atoms with van der Waals surface area (Å²) in [5, 5.41) is 0. The fraction of sp³-hybridized carbons (Fsp3) is 0.500. The van der Waals surface area contributed by atoms with Gasteiger partial charge in [-0.1, -0.05) is 0 Å². The second-order valence-electron chi connectivity index (χ2n) is 3.70. The van der Waals surface area contributed by atoms with E-state index in [2.05, 4.69) is 9.88 Å². The number of aromatic nitrogens is 1. The SMILES string of the molecule is Cl.Cl.N[C@@]1(CCl)CCCN1c1cccnc1. The zero-order chi connectivity index (χ0) is 10.0. The number of halogens is 3. The Hall–Kier alpha value is -0.220. The predicted octanol–water partition coefficient (Wildman–Crippen LogP) is 2.42. The molecule has 1 aliphatic rings. The van der Waals surface area contributed by atoms with E-state index in [4.69, 9.17) is 17.3 Å². The highest BCUT2D eigenvalue weighted by Gasteiger charge is 2.36. The van der Waals surface area contributed by atoms with E-state index in [9.17, 15) is 0 Å². The second-order valence-corrected chi connectivity index (χ2v) is 3.97. The molecule has 2 heterocycles. The van der Waals surface area contributed by atoms with Gasteiger partial charge in [-0.25, -0.2) is 0 Å². The lowest BCUT2D eigenvalue weighted by atomic mass is 10.1. The number of anilines is 1. The Labute approximate surface area is 113 Å². The lowest BCUT2D eigenvalue weighted by Crippen LogP contribution is -2.53. The molecule has 0 saturated carbocycles. The van der Waals surface area contributed by atoms with Gasteiger partial charge in [-0.3, -0.25) is 4.98 Å². The molecule has 1 aliphatic heterocycles. The molecule has 6 heteroatoms. The van der Waals surface area contributed by atoms with Crippen molar-refractivity contribution in [3.05, 3.63) is 24.5 Å². The minimum Gasteiger partial charge on any atom is -0.351 e. The Balaban J connectivity index is 0.00000112. The van der Waals surface area contributed by atoms with Gasteiger partial charge in [-0.15, -0.1) is 36.4 Å². The van der Waals surface area contributed by atoms with Crippen molar-refractivity contribution in [2.45, 2.75) is 18.5 Å². The Kier molecular flexibility index (Phi) is 6.41. The Morgan fingerprint density at radius 1 is 1.50 bits per heavy atom. The van der Waals surface area contributed by atoms with Gasteiger partial charge in [0.05, 0.1) is 17.8 Å². The molecule has 1 atom stereocenters. The maximum Gasteiger partial charge on any atom is 0.102 e. The summed E-state index contributed by atoms with van der Waals surface area (Å²) in [7, 11) is 0. The lowest BCUT2D eigenvalue weighted by Gasteiger charge is -2.34. The summed E-state index contributed by atoms with van der Waals surface area (Å²) >= 11 is 5.91. The summed E-state index contributed by atoms with van der Waals surface area (Å²) in [4.78, 5) is 6.23. The summed E-state index contributed by atoms with van der Waals surface area (Å²) in [5.41, 5.74) is 6.88. The van der Waals surface area contributed by atoms with Crippen LogP contribution in [0.5, 0.6) is 0 Å². The number of hydrogen-bond donors (Lipinski definition) is 1. The molecule has 1 aromatic heterocycles. The first-order chi connectivity index (χ1) is 6.76. The molecular weight excluding hydrogens is 268 g/mol. The summed E-state index contributed by atoms with van der Waals surface area (Å²) in [5.74, 6) is 0.460. The maximum absolute atomic E-state index is 6.20. The normalized spacial score (nSPS) is 23.5. The monoisotopic (exact) mass is 283 g/mol. The van der Waals surface area contributed by atoms with Gasteiger partial charge in [0, 0.05) is 12.7 Å². The molecule has 0 spiro atoms. The van der Waals surface area contributed by atoms with E-state index < -0.39 is 0 Å². The van der Waals surface area contributed by atoms with Crippen LogP contribution in [0, 0.1) is 0 Å². The third kappa shape index (κ3) is 2.92. The van der Waals surface area contributed by atoms with Crippen molar-refractivity contribution in [3.8, 4) is 0 Å². The van der Waals surface area contributed by atoms with Gasteiger partial charge in [0.1, 0.15) is 5.66 Å². The van der Waals surface area contributed by atoms with Crippen LogP contribution in [0.4, 0.5) is 5.69 Å². The van der Waals surface area contributed by atoms with Gasteiger partial charge in [-0.2, -0.15) is 0 Å². The largest absolute Gasteiger partial charge is 0.351 e. The minimum absolute atomic E-state index is 0. The average molecular weight is 285 g/mol. The van der Waals surface area contributed by atoms with E-state index in [0.717, 1.165) is 25.1 Å². The van der Waals surface area contributed by atoms with Crippen LogP contribution in [0.15, 0.2) is 24.5 Å². The summed E-state index contributed by atoms with van der Waals surface area (Å²) in [6.45, 7) is 0.967. The number of rotatable bonds is 2. The maximum atomic E-state index is 6.20. The molecule has 1 aromatic rings. The minimum atomic E-state index is -0.384. The Morgan fingerprint density at radius 2 is 2.25 bits per heavy atom. The highest BCUT2D eigenvalue weighted by Crippen LogP contribution is 2.30. The number of alkyl halides is 1. The van der Waals surface area contributed by atoms with Crippen LogP contribution >= 0.6 is 36.4 Å². The molecule has 1 saturated heterocycles. The Bertz CT molecular complexity index is 309. The van der Waals surface area contributed by atoms with Gasteiger partial charge >= 0.3 is 0 Å². The second kappa shape index (κ2) is 6.50. The standard InChI is InChI=1S/C10H14ClN3.2ClH/c11-8-10(12)4-2-6-14(10)9-3-1-5-13-7-9;;/h1,3,5,7H,2,4,6,8,12H2;2*1H/t10-;;/m0../s1. The average Bonchev–Trinajstić information content (AvgIpc) is 2.63. The molecule has 1 fully saturated rings. The van der Waals surface area contributed by atoms with Gasteiger partial charge < -0.3 is 10.6 Å². The van der Waals surface area contributed by atoms with E-state index in [-0.39, 0.29) is 30.5 Å². The quantitative estimate of drug-likeness (QED) is 0.848. The molecule has 0 aromatic carbocycles. The van der Waals surface area contributed by atoms with Gasteiger partial charge in [-0.05, 0) is 25.0 Å². The van der Waals surface area contributed by atoms with Crippen LogP contribution in [-0.4, -0.2) is 23.1 Å². The predicted molar refractivity (Wildman–Crippen MR) is 73.0 cm³/mol. The molecule has 0 bridgehead atoms. The molecule has 2 rings (SSSR count). The molecule has 16 heavy (non-hydrogen) atoms. The number of hydrogen-bond acceptors (Lipinski definition) is 3. The van der Waals surface area contributed by atoms with E-state index in [0.29, 0.717) is 5.88 Å². The van der Waals surface area contributed by atoms with Crippen molar-refractivity contribution < 1.29 is 0 Å². The first kappa shape index (κ1) is 15.8. The van der Waals surface area contributed by atoms with E-state index in [1.54, 1.807) is 6.20 Å². The molecule has 0 aliphatic carbocycles. The topological polar surface area (TPSA) is 42.1 Å². The van der Waals surface area contributed by atoms with Crippen LogP contribution in [0.25, 0.3) is 0 Å². The van der Waals surface area contributed by atoms with Crippen molar-refractivity contribution in [2.75, 3.05) is 17.3 Å². The first-order valence-corrected chi connectivity index (χ1v) is 5.32. The smallest absolute Gasteiger partial charge is 0.102 e. The zero-order valence-corrected chi connectivity index (χ0v) is 11.2. The highest BCUT2D eigenvalue weighted by atomic mass is 35.5. The van der Waals surface area contributed by atoms with E-state index >= 15 is 0 Å². The Morgan fingerprint density at radius 3 is 2.81 bits per heavy atom. The van der Waals surface area contributed by atoms with Gasteiger partial charge in [0.15, 0.2) is 0 Å². The summed E-state index contributed by atoms with van der Waals surface area (Å²) in [6.07, 6.45) is 5.64. The number of nitrogens with zero attached hydrogens (tertiary/aromatic N) is 2. The van der Waals surface area contributed by atoms with Crippen LogP contribution in [-0.2, 0) is 0 Å². The van der Waals surface area contributed by atoms with Crippen molar-refractivity contribution in [3.63, 3.8) is 0 Å². The molecule has 3 nitrogen and oxygen atoms in total.